The van der Waals surface area contributed by atoms with Crippen molar-refractivity contribution in [1.29, 1.82) is 0 Å². The number of rotatable bonds is 8. The maximum absolute atomic E-state index is 6.00. The molecule has 0 bridgehead atoms. The minimum absolute atomic E-state index is 0.155. The maximum Gasteiger partial charge on any atom is 0.123 e. The zero-order valence-electron chi connectivity index (χ0n) is 14.9. The van der Waals surface area contributed by atoms with E-state index in [9.17, 15) is 0 Å². The van der Waals surface area contributed by atoms with Gasteiger partial charge in [-0.1, -0.05) is 18.2 Å². The summed E-state index contributed by atoms with van der Waals surface area (Å²) in [5.74, 6) is 2.29. The molecule has 2 aliphatic rings. The molecule has 2 aromatic rings. The second-order valence-corrected chi connectivity index (χ2v) is 7.28. The van der Waals surface area contributed by atoms with Gasteiger partial charge in [-0.05, 0) is 31.2 Å². The maximum atomic E-state index is 6.00. The van der Waals surface area contributed by atoms with Crippen LogP contribution in [0.25, 0.3) is 0 Å². The van der Waals surface area contributed by atoms with Crippen molar-refractivity contribution in [2.24, 2.45) is 18.9 Å². The topological polar surface area (TPSA) is 48.3 Å². The zero-order valence-corrected chi connectivity index (χ0v) is 14.9. The molecule has 2 heterocycles. The SMILES string of the molecule is Cn1cc([C@H]2OCC[C@@H]2CNCc2ccccc2OCC2CC2)cn1. The smallest absolute Gasteiger partial charge is 0.123 e. The van der Waals surface area contributed by atoms with Gasteiger partial charge in [-0.15, -0.1) is 0 Å². The summed E-state index contributed by atoms with van der Waals surface area (Å²) in [5, 5.41) is 7.88. The number of para-hydroxylation sites is 1. The third-order valence-electron chi connectivity index (χ3n) is 5.13. The van der Waals surface area contributed by atoms with Gasteiger partial charge in [0.15, 0.2) is 0 Å². The van der Waals surface area contributed by atoms with Crippen LogP contribution in [-0.4, -0.2) is 29.5 Å². The molecule has 1 aliphatic carbocycles. The Balaban J connectivity index is 1.31. The Hall–Kier alpha value is -1.85. The van der Waals surface area contributed by atoms with E-state index in [4.69, 9.17) is 9.47 Å². The number of benzene rings is 1. The first kappa shape index (κ1) is 16.6. The highest BCUT2D eigenvalue weighted by Crippen LogP contribution is 2.34. The molecule has 0 radical (unpaired) electrons. The molecule has 134 valence electrons. The van der Waals surface area contributed by atoms with Gasteiger partial charge in [-0.2, -0.15) is 5.10 Å². The highest BCUT2D eigenvalue weighted by molar-refractivity contribution is 5.33. The molecule has 1 aromatic heterocycles. The first-order valence-electron chi connectivity index (χ1n) is 9.31. The first-order chi connectivity index (χ1) is 12.3. The van der Waals surface area contributed by atoms with Crippen LogP contribution in [0.5, 0.6) is 5.75 Å². The molecule has 5 heteroatoms. The molecule has 0 unspecified atom stereocenters. The molecular weight excluding hydrogens is 314 g/mol. The summed E-state index contributed by atoms with van der Waals surface area (Å²) in [6.45, 7) is 3.46. The van der Waals surface area contributed by atoms with Gasteiger partial charge in [0.25, 0.3) is 0 Å². The van der Waals surface area contributed by atoms with Gasteiger partial charge in [-0.3, -0.25) is 4.68 Å². The Kier molecular flexibility index (Phi) is 5.04. The highest BCUT2D eigenvalue weighted by Gasteiger charge is 2.30. The molecular formula is C20H27N3O2. The van der Waals surface area contributed by atoms with Gasteiger partial charge >= 0.3 is 0 Å². The third kappa shape index (κ3) is 4.22. The van der Waals surface area contributed by atoms with Crippen LogP contribution < -0.4 is 10.1 Å². The molecule has 25 heavy (non-hydrogen) atoms. The monoisotopic (exact) mass is 341 g/mol. The number of ether oxygens (including phenoxy) is 2. The highest BCUT2D eigenvalue weighted by atomic mass is 16.5. The molecule has 5 nitrogen and oxygen atoms in total. The number of hydrogen-bond acceptors (Lipinski definition) is 4. The second-order valence-electron chi connectivity index (χ2n) is 7.28. The van der Waals surface area contributed by atoms with E-state index < -0.39 is 0 Å². The van der Waals surface area contributed by atoms with Crippen LogP contribution in [0.3, 0.4) is 0 Å². The summed E-state index contributed by atoms with van der Waals surface area (Å²) in [6.07, 6.45) is 7.86. The van der Waals surface area contributed by atoms with E-state index in [1.807, 2.05) is 17.9 Å². The lowest BCUT2D eigenvalue weighted by molar-refractivity contribution is 0.0904. The van der Waals surface area contributed by atoms with E-state index >= 15 is 0 Å². The van der Waals surface area contributed by atoms with Crippen molar-refractivity contribution >= 4 is 0 Å². The molecule has 0 spiro atoms. The summed E-state index contributed by atoms with van der Waals surface area (Å²) >= 11 is 0. The van der Waals surface area contributed by atoms with Crippen LogP contribution in [0.2, 0.25) is 0 Å². The minimum Gasteiger partial charge on any atom is -0.493 e. The van der Waals surface area contributed by atoms with E-state index in [-0.39, 0.29) is 6.10 Å². The summed E-state index contributed by atoms with van der Waals surface area (Å²) in [4.78, 5) is 0. The van der Waals surface area contributed by atoms with Crippen LogP contribution in [0, 0.1) is 11.8 Å². The fourth-order valence-corrected chi connectivity index (χ4v) is 3.47. The Morgan fingerprint density at radius 2 is 2.16 bits per heavy atom. The lowest BCUT2D eigenvalue weighted by atomic mass is 9.97. The van der Waals surface area contributed by atoms with Crippen LogP contribution >= 0.6 is 0 Å². The molecule has 1 saturated carbocycles. The molecule has 4 rings (SSSR count). The van der Waals surface area contributed by atoms with Crippen molar-refractivity contribution in [3.05, 3.63) is 47.8 Å². The first-order valence-corrected chi connectivity index (χ1v) is 9.31. The van der Waals surface area contributed by atoms with E-state index in [2.05, 4.69) is 40.9 Å². The standard InChI is InChI=1S/C20H27N3O2/c1-23-13-18(12-22-23)20-17(8-9-24-20)11-21-10-16-4-2-3-5-19(16)25-14-15-6-7-15/h2-5,12-13,15,17,20-21H,6-11,14H2,1H3/t17-,20+/m1/s1. The quantitative estimate of drug-likeness (QED) is 0.802. The van der Waals surface area contributed by atoms with Crippen molar-refractivity contribution < 1.29 is 9.47 Å². The van der Waals surface area contributed by atoms with Crippen LogP contribution in [0.4, 0.5) is 0 Å². The largest absolute Gasteiger partial charge is 0.493 e. The van der Waals surface area contributed by atoms with Crippen molar-refractivity contribution in [2.75, 3.05) is 19.8 Å². The van der Waals surface area contributed by atoms with E-state index in [1.54, 1.807) is 0 Å². The second kappa shape index (κ2) is 7.58. The van der Waals surface area contributed by atoms with Crippen LogP contribution in [0.15, 0.2) is 36.7 Å². The zero-order chi connectivity index (χ0) is 17.1. The van der Waals surface area contributed by atoms with Crippen molar-refractivity contribution in [3.63, 3.8) is 0 Å². The summed E-state index contributed by atoms with van der Waals surface area (Å²) in [7, 11) is 1.95. The Morgan fingerprint density at radius 1 is 1.28 bits per heavy atom. The van der Waals surface area contributed by atoms with Crippen LogP contribution in [-0.2, 0) is 18.3 Å². The lowest BCUT2D eigenvalue weighted by Crippen LogP contribution is -2.24. The van der Waals surface area contributed by atoms with Crippen molar-refractivity contribution in [2.45, 2.75) is 31.9 Å². The average Bonchev–Trinajstić information content (AvgIpc) is 3.17. The summed E-state index contributed by atoms with van der Waals surface area (Å²) < 4.78 is 13.8. The fraction of sp³-hybridized carbons (Fsp3) is 0.550. The third-order valence-corrected chi connectivity index (χ3v) is 5.13. The summed E-state index contributed by atoms with van der Waals surface area (Å²) in [5.41, 5.74) is 2.42. The summed E-state index contributed by atoms with van der Waals surface area (Å²) in [6, 6.07) is 8.36. The van der Waals surface area contributed by atoms with Gasteiger partial charge in [0.05, 0.1) is 18.9 Å². The number of nitrogens with one attached hydrogen (secondary N) is 1. The molecule has 1 N–H and O–H groups in total. The molecule has 2 fully saturated rings. The predicted molar refractivity (Wildman–Crippen MR) is 96.4 cm³/mol. The molecule has 1 aromatic carbocycles. The van der Waals surface area contributed by atoms with Gasteiger partial charge in [-0.25, -0.2) is 0 Å². The number of aryl methyl sites for hydroxylation is 1. The molecule has 1 saturated heterocycles. The fourth-order valence-electron chi connectivity index (χ4n) is 3.47. The van der Waals surface area contributed by atoms with Gasteiger partial charge < -0.3 is 14.8 Å². The Morgan fingerprint density at radius 3 is 2.96 bits per heavy atom. The van der Waals surface area contributed by atoms with Gasteiger partial charge in [0.2, 0.25) is 0 Å². The van der Waals surface area contributed by atoms with E-state index in [0.717, 1.165) is 44.4 Å². The molecule has 0 amide bonds. The molecule has 1 aliphatic heterocycles. The normalized spacial score (nSPS) is 23.1. The predicted octanol–water partition coefficient (Wildman–Crippen LogP) is 3.08. The number of nitrogens with zero attached hydrogens (tertiary/aromatic N) is 2. The number of hydrogen-bond donors (Lipinski definition) is 1. The Labute approximate surface area is 149 Å². The van der Waals surface area contributed by atoms with Gasteiger partial charge in [0, 0.05) is 50.0 Å². The molecule has 2 atom stereocenters. The van der Waals surface area contributed by atoms with E-state index in [1.165, 1.54) is 24.0 Å². The lowest BCUT2D eigenvalue weighted by Gasteiger charge is -2.18. The van der Waals surface area contributed by atoms with Gasteiger partial charge in [0.1, 0.15) is 5.75 Å². The van der Waals surface area contributed by atoms with Crippen LogP contribution in [0.1, 0.15) is 36.5 Å². The number of aromatic nitrogens is 2. The van der Waals surface area contributed by atoms with E-state index in [0.29, 0.717) is 5.92 Å². The van der Waals surface area contributed by atoms with Crippen molar-refractivity contribution in [1.82, 2.24) is 15.1 Å². The Bertz CT molecular complexity index is 696. The van der Waals surface area contributed by atoms with Crippen molar-refractivity contribution in [3.8, 4) is 5.75 Å². The minimum atomic E-state index is 0.155. The average molecular weight is 341 g/mol.